The van der Waals surface area contributed by atoms with E-state index in [-0.39, 0.29) is 0 Å². The fourth-order valence-corrected chi connectivity index (χ4v) is 2.64. The Bertz CT molecular complexity index is 348. The molecule has 0 bridgehead atoms. The van der Waals surface area contributed by atoms with E-state index in [1.807, 2.05) is 0 Å². The number of morpholine rings is 1. The maximum atomic E-state index is 5.37. The highest BCUT2D eigenvalue weighted by atomic mass is 127. The first-order chi connectivity index (χ1) is 7.79. The highest BCUT2D eigenvalue weighted by molar-refractivity contribution is 14.1. The Morgan fingerprint density at radius 3 is 2.69 bits per heavy atom. The zero-order chi connectivity index (χ0) is 11.4. The Labute approximate surface area is 111 Å². The van der Waals surface area contributed by atoms with Crippen LogP contribution in [0.3, 0.4) is 0 Å². The van der Waals surface area contributed by atoms with Gasteiger partial charge in [0.2, 0.25) is 0 Å². The average molecular weight is 331 g/mol. The van der Waals surface area contributed by atoms with E-state index in [1.165, 1.54) is 14.7 Å². The van der Waals surface area contributed by atoms with E-state index in [2.05, 4.69) is 52.6 Å². The summed E-state index contributed by atoms with van der Waals surface area (Å²) in [6.07, 6.45) is 1.12. The lowest BCUT2D eigenvalue weighted by Gasteiger charge is -2.27. The predicted molar refractivity (Wildman–Crippen MR) is 74.6 cm³/mol. The molecule has 2 rings (SSSR count). The third-order valence-corrected chi connectivity index (χ3v) is 3.72. The number of halogens is 1. The van der Waals surface area contributed by atoms with E-state index in [1.54, 1.807) is 0 Å². The Hall–Kier alpha value is -0.130. The molecule has 88 valence electrons. The van der Waals surface area contributed by atoms with Gasteiger partial charge in [0.05, 0.1) is 13.2 Å². The van der Waals surface area contributed by atoms with E-state index >= 15 is 0 Å². The monoisotopic (exact) mass is 331 g/mol. The van der Waals surface area contributed by atoms with Crippen molar-refractivity contribution >= 4 is 22.6 Å². The van der Waals surface area contributed by atoms with Crippen LogP contribution in [0.2, 0.25) is 0 Å². The molecule has 0 aliphatic carbocycles. The van der Waals surface area contributed by atoms with Gasteiger partial charge in [-0.25, -0.2) is 0 Å². The highest BCUT2D eigenvalue weighted by Gasteiger charge is 2.12. The van der Waals surface area contributed by atoms with Crippen molar-refractivity contribution < 1.29 is 4.74 Å². The fourth-order valence-electron chi connectivity index (χ4n) is 2.09. The van der Waals surface area contributed by atoms with Gasteiger partial charge >= 0.3 is 0 Å². The van der Waals surface area contributed by atoms with E-state index in [9.17, 15) is 0 Å². The van der Waals surface area contributed by atoms with Crippen molar-refractivity contribution in [1.29, 1.82) is 0 Å². The normalized spacial score (nSPS) is 17.6. The lowest BCUT2D eigenvalue weighted by atomic mass is 10.0. The topological polar surface area (TPSA) is 12.5 Å². The standard InChI is InChI=1S/C13H18INO/c1-2-11-3-4-13(14)9-12(11)10-15-5-7-16-8-6-15/h3-4,9H,2,5-8,10H2,1H3. The summed E-state index contributed by atoms with van der Waals surface area (Å²) >= 11 is 2.39. The molecule has 1 aromatic carbocycles. The van der Waals surface area contributed by atoms with Gasteiger partial charge in [0.1, 0.15) is 0 Å². The first-order valence-electron chi connectivity index (χ1n) is 5.87. The lowest BCUT2D eigenvalue weighted by Crippen LogP contribution is -2.35. The van der Waals surface area contributed by atoms with Crippen molar-refractivity contribution in [1.82, 2.24) is 4.90 Å². The molecule has 1 aliphatic rings. The first-order valence-corrected chi connectivity index (χ1v) is 6.95. The molecular formula is C13H18INO. The van der Waals surface area contributed by atoms with Crippen LogP contribution in [0.1, 0.15) is 18.1 Å². The van der Waals surface area contributed by atoms with Gasteiger partial charge in [-0.15, -0.1) is 0 Å². The minimum absolute atomic E-state index is 0.880. The summed E-state index contributed by atoms with van der Waals surface area (Å²) in [7, 11) is 0. The number of nitrogens with zero attached hydrogens (tertiary/aromatic N) is 1. The first kappa shape index (κ1) is 12.3. The second kappa shape index (κ2) is 5.98. The zero-order valence-corrected chi connectivity index (χ0v) is 11.9. The van der Waals surface area contributed by atoms with Gasteiger partial charge in [-0.05, 0) is 52.3 Å². The smallest absolute Gasteiger partial charge is 0.0594 e. The molecule has 1 heterocycles. The van der Waals surface area contributed by atoms with E-state index in [4.69, 9.17) is 4.74 Å². The van der Waals surface area contributed by atoms with Crippen molar-refractivity contribution in [3.05, 3.63) is 32.9 Å². The van der Waals surface area contributed by atoms with Gasteiger partial charge < -0.3 is 4.74 Å². The Kier molecular flexibility index (Phi) is 4.61. The van der Waals surface area contributed by atoms with E-state index in [0.717, 1.165) is 39.3 Å². The predicted octanol–water partition coefficient (Wildman–Crippen LogP) is 2.69. The molecule has 0 atom stereocenters. The molecule has 0 saturated carbocycles. The molecule has 1 aromatic rings. The summed E-state index contributed by atoms with van der Waals surface area (Å²) in [5.74, 6) is 0. The maximum Gasteiger partial charge on any atom is 0.0594 e. The minimum Gasteiger partial charge on any atom is -0.379 e. The quantitative estimate of drug-likeness (QED) is 0.790. The molecule has 0 amide bonds. The van der Waals surface area contributed by atoms with Crippen molar-refractivity contribution in [3.63, 3.8) is 0 Å². The number of rotatable bonds is 3. The molecule has 0 radical (unpaired) electrons. The second-order valence-electron chi connectivity index (χ2n) is 4.16. The van der Waals surface area contributed by atoms with Crippen molar-refractivity contribution in [2.24, 2.45) is 0 Å². The molecule has 1 fully saturated rings. The van der Waals surface area contributed by atoms with Crippen LogP contribution < -0.4 is 0 Å². The molecular weight excluding hydrogens is 313 g/mol. The molecule has 3 heteroatoms. The maximum absolute atomic E-state index is 5.37. The van der Waals surface area contributed by atoms with Crippen LogP contribution in [0, 0.1) is 3.57 Å². The van der Waals surface area contributed by atoms with Crippen LogP contribution in [-0.4, -0.2) is 31.2 Å². The van der Waals surface area contributed by atoms with Gasteiger partial charge in [0.15, 0.2) is 0 Å². The molecule has 0 N–H and O–H groups in total. The largest absolute Gasteiger partial charge is 0.379 e. The third-order valence-electron chi connectivity index (χ3n) is 3.05. The van der Waals surface area contributed by atoms with Gasteiger partial charge in [0.25, 0.3) is 0 Å². The van der Waals surface area contributed by atoms with Crippen molar-refractivity contribution in [2.45, 2.75) is 19.9 Å². The SMILES string of the molecule is CCc1ccc(I)cc1CN1CCOCC1. The van der Waals surface area contributed by atoms with Crippen molar-refractivity contribution in [2.75, 3.05) is 26.3 Å². The molecule has 0 aromatic heterocycles. The second-order valence-corrected chi connectivity index (χ2v) is 5.40. The average Bonchev–Trinajstić information content (AvgIpc) is 2.31. The van der Waals surface area contributed by atoms with Crippen LogP contribution in [0.5, 0.6) is 0 Å². The van der Waals surface area contributed by atoms with Crippen LogP contribution in [-0.2, 0) is 17.7 Å². The van der Waals surface area contributed by atoms with Crippen LogP contribution in [0.4, 0.5) is 0 Å². The Balaban J connectivity index is 2.09. The summed E-state index contributed by atoms with van der Waals surface area (Å²) < 4.78 is 6.71. The Morgan fingerprint density at radius 1 is 1.25 bits per heavy atom. The summed E-state index contributed by atoms with van der Waals surface area (Å²) in [6, 6.07) is 6.77. The van der Waals surface area contributed by atoms with Gasteiger partial charge in [-0.1, -0.05) is 13.0 Å². The fraction of sp³-hybridized carbons (Fsp3) is 0.538. The Morgan fingerprint density at radius 2 is 2.00 bits per heavy atom. The lowest BCUT2D eigenvalue weighted by molar-refractivity contribution is 0.0341. The van der Waals surface area contributed by atoms with Crippen molar-refractivity contribution in [3.8, 4) is 0 Å². The number of aryl methyl sites for hydroxylation is 1. The molecule has 1 aliphatic heterocycles. The van der Waals surface area contributed by atoms with Gasteiger partial charge in [-0.2, -0.15) is 0 Å². The molecule has 1 saturated heterocycles. The van der Waals surface area contributed by atoms with Crippen LogP contribution in [0.25, 0.3) is 0 Å². The van der Waals surface area contributed by atoms with Crippen LogP contribution in [0.15, 0.2) is 18.2 Å². The summed E-state index contributed by atoms with van der Waals surface area (Å²) in [5, 5.41) is 0. The highest BCUT2D eigenvalue weighted by Crippen LogP contribution is 2.17. The third kappa shape index (κ3) is 3.18. The molecule has 2 nitrogen and oxygen atoms in total. The number of benzene rings is 1. The summed E-state index contributed by atoms with van der Waals surface area (Å²) in [5.41, 5.74) is 2.96. The molecule has 0 spiro atoms. The summed E-state index contributed by atoms with van der Waals surface area (Å²) in [6.45, 7) is 7.19. The van der Waals surface area contributed by atoms with Gasteiger partial charge in [0, 0.05) is 23.2 Å². The zero-order valence-electron chi connectivity index (χ0n) is 9.71. The van der Waals surface area contributed by atoms with E-state index in [0.29, 0.717) is 0 Å². The summed E-state index contributed by atoms with van der Waals surface area (Å²) in [4.78, 5) is 2.48. The van der Waals surface area contributed by atoms with Crippen LogP contribution >= 0.6 is 22.6 Å². The minimum atomic E-state index is 0.880. The number of hydrogen-bond acceptors (Lipinski definition) is 2. The molecule has 0 unspecified atom stereocenters. The van der Waals surface area contributed by atoms with Gasteiger partial charge in [-0.3, -0.25) is 4.90 Å². The number of hydrogen-bond donors (Lipinski definition) is 0. The van der Waals surface area contributed by atoms with E-state index < -0.39 is 0 Å². The molecule has 16 heavy (non-hydrogen) atoms. The number of ether oxygens (including phenoxy) is 1.